The Labute approximate surface area is 235 Å². The lowest BCUT2D eigenvalue weighted by Gasteiger charge is -2.47. The molecule has 6 aromatic rings. The van der Waals surface area contributed by atoms with E-state index in [1.54, 1.807) is 0 Å². The van der Waals surface area contributed by atoms with Gasteiger partial charge in [-0.1, -0.05) is 146 Å². The zero-order chi connectivity index (χ0) is 26.2. The summed E-state index contributed by atoms with van der Waals surface area (Å²) in [4.78, 5) is 0. The molecule has 0 saturated carbocycles. The molecule has 0 amide bonds. The lowest BCUT2D eigenvalue weighted by atomic mass is 9.55. The maximum Gasteiger partial charge on any atom is 0.0358 e. The summed E-state index contributed by atoms with van der Waals surface area (Å²) < 4.78 is 0. The first-order valence-electron chi connectivity index (χ1n) is 14.4. The molecule has 0 N–H and O–H groups in total. The van der Waals surface area contributed by atoms with Crippen molar-refractivity contribution in [1.82, 2.24) is 0 Å². The van der Waals surface area contributed by atoms with Crippen molar-refractivity contribution in [1.29, 1.82) is 0 Å². The fraction of sp³-hybridized carbons (Fsp3) is 0.100. The molecule has 0 saturated heterocycles. The van der Waals surface area contributed by atoms with Gasteiger partial charge in [0.05, 0.1) is 0 Å². The van der Waals surface area contributed by atoms with E-state index in [4.69, 9.17) is 0 Å². The summed E-state index contributed by atoms with van der Waals surface area (Å²) in [5.74, 6) is 0.939. The van der Waals surface area contributed by atoms with Gasteiger partial charge < -0.3 is 0 Å². The first-order chi connectivity index (χ1) is 19.9. The van der Waals surface area contributed by atoms with Crippen LogP contribution in [-0.2, 0) is 0 Å². The molecule has 0 unspecified atom stereocenters. The number of hydrogen-bond donors (Lipinski definition) is 0. The topological polar surface area (TPSA) is 0 Å². The summed E-state index contributed by atoms with van der Waals surface area (Å²) in [7, 11) is 0. The van der Waals surface area contributed by atoms with Crippen LogP contribution in [0.25, 0.3) is 0 Å². The lowest BCUT2D eigenvalue weighted by Crippen LogP contribution is -2.33. The highest BCUT2D eigenvalue weighted by molar-refractivity contribution is 5.75. The summed E-state index contributed by atoms with van der Waals surface area (Å²) in [6.45, 7) is 0. The third kappa shape index (κ3) is 2.91. The van der Waals surface area contributed by atoms with Gasteiger partial charge in [-0.2, -0.15) is 0 Å². The second kappa shape index (κ2) is 8.41. The molecule has 0 bridgehead atoms. The van der Waals surface area contributed by atoms with Crippen LogP contribution in [0.15, 0.2) is 146 Å². The first kappa shape index (κ1) is 22.2. The van der Waals surface area contributed by atoms with Crippen molar-refractivity contribution < 1.29 is 0 Å². The van der Waals surface area contributed by atoms with Crippen LogP contribution < -0.4 is 0 Å². The fourth-order valence-corrected chi connectivity index (χ4v) is 8.26. The molecule has 0 atom stereocenters. The molecule has 9 rings (SSSR count). The van der Waals surface area contributed by atoms with Crippen molar-refractivity contribution in [2.24, 2.45) is 0 Å². The summed E-state index contributed by atoms with van der Waals surface area (Å²) in [6, 6.07) is 54.8. The van der Waals surface area contributed by atoms with Gasteiger partial charge in [-0.05, 0) is 66.8 Å². The molecule has 40 heavy (non-hydrogen) atoms. The van der Waals surface area contributed by atoms with Crippen LogP contribution in [-0.4, -0.2) is 0 Å². The molecule has 0 radical (unpaired) electrons. The van der Waals surface area contributed by atoms with Gasteiger partial charge in [0, 0.05) is 23.7 Å². The maximum absolute atomic E-state index is 2.41. The molecule has 0 fully saturated rings. The summed E-state index contributed by atoms with van der Waals surface area (Å²) in [5.41, 5.74) is 17.6. The standard InChI is InChI=1S/C40H28/c1-4-13-25(14-5-1)34-28-19-10-21-30-35(26-15-6-2-7-16-26)32-23-12-24-33-36(27-17-8-3-9-18-27)31-22-11-20-29(34)38(31)40(37(28)30)39(32)33/h1-24,34-36,40H. The highest BCUT2D eigenvalue weighted by Crippen LogP contribution is 2.62. The Morgan fingerprint density at radius 1 is 0.225 bits per heavy atom. The number of rotatable bonds is 3. The van der Waals surface area contributed by atoms with E-state index in [1.165, 1.54) is 66.8 Å². The molecule has 0 nitrogen and oxygen atoms in total. The van der Waals surface area contributed by atoms with Crippen molar-refractivity contribution in [3.63, 3.8) is 0 Å². The SMILES string of the molecule is c1ccc(C2c3cccc4c3C3c5c2cccc5C(c2ccccc2)c2cccc(c23)C4c2ccccc2)cc1. The van der Waals surface area contributed by atoms with Crippen molar-refractivity contribution >= 4 is 0 Å². The molecule has 0 heteroatoms. The molecule has 0 aliphatic heterocycles. The molecular formula is C40H28. The quantitative estimate of drug-likeness (QED) is 0.223. The molecule has 6 aromatic carbocycles. The molecule has 3 aliphatic rings. The van der Waals surface area contributed by atoms with Gasteiger partial charge in [0.1, 0.15) is 0 Å². The van der Waals surface area contributed by atoms with Gasteiger partial charge in [0.25, 0.3) is 0 Å². The predicted octanol–water partition coefficient (Wildman–Crippen LogP) is 9.35. The van der Waals surface area contributed by atoms with E-state index in [-0.39, 0.29) is 23.7 Å². The van der Waals surface area contributed by atoms with Crippen LogP contribution >= 0.6 is 0 Å². The van der Waals surface area contributed by atoms with E-state index in [0.717, 1.165) is 0 Å². The Morgan fingerprint density at radius 3 is 0.725 bits per heavy atom. The largest absolute Gasteiger partial charge is 0.0622 e. The smallest absolute Gasteiger partial charge is 0.0358 e. The average molecular weight is 509 g/mol. The monoisotopic (exact) mass is 508 g/mol. The van der Waals surface area contributed by atoms with Crippen molar-refractivity contribution in [2.75, 3.05) is 0 Å². The molecule has 188 valence electrons. The molecular weight excluding hydrogens is 480 g/mol. The van der Waals surface area contributed by atoms with Gasteiger partial charge in [-0.15, -0.1) is 0 Å². The average Bonchev–Trinajstić information content (AvgIpc) is 3.03. The minimum atomic E-state index is 0.224. The van der Waals surface area contributed by atoms with Crippen LogP contribution in [0.2, 0.25) is 0 Å². The van der Waals surface area contributed by atoms with Crippen LogP contribution in [0, 0.1) is 0 Å². The summed E-state index contributed by atoms with van der Waals surface area (Å²) in [6.07, 6.45) is 0. The zero-order valence-corrected chi connectivity index (χ0v) is 22.2. The van der Waals surface area contributed by atoms with Crippen molar-refractivity contribution in [3.05, 3.63) is 212 Å². The number of hydrogen-bond acceptors (Lipinski definition) is 0. The third-order valence-corrected chi connectivity index (χ3v) is 9.65. The van der Waals surface area contributed by atoms with Crippen molar-refractivity contribution in [2.45, 2.75) is 23.7 Å². The Balaban J connectivity index is 1.44. The van der Waals surface area contributed by atoms with Crippen LogP contribution in [0.1, 0.15) is 90.4 Å². The van der Waals surface area contributed by atoms with Gasteiger partial charge in [-0.25, -0.2) is 0 Å². The van der Waals surface area contributed by atoms with Gasteiger partial charge in [0.2, 0.25) is 0 Å². The fourth-order valence-electron chi connectivity index (χ4n) is 8.26. The molecule has 0 aromatic heterocycles. The minimum absolute atomic E-state index is 0.224. The Hall–Kier alpha value is -4.68. The second-order valence-electron chi connectivity index (χ2n) is 11.5. The normalized spacial score (nSPS) is 21.0. The highest BCUT2D eigenvalue weighted by atomic mass is 14.5. The van der Waals surface area contributed by atoms with E-state index < -0.39 is 0 Å². The van der Waals surface area contributed by atoms with E-state index in [1.807, 2.05) is 0 Å². The van der Waals surface area contributed by atoms with Crippen LogP contribution in [0.3, 0.4) is 0 Å². The molecule has 0 heterocycles. The van der Waals surface area contributed by atoms with Gasteiger partial charge >= 0.3 is 0 Å². The van der Waals surface area contributed by atoms with E-state index in [0.29, 0.717) is 0 Å². The highest BCUT2D eigenvalue weighted by Gasteiger charge is 2.47. The van der Waals surface area contributed by atoms with Crippen molar-refractivity contribution in [3.8, 4) is 0 Å². The predicted molar refractivity (Wildman–Crippen MR) is 162 cm³/mol. The zero-order valence-electron chi connectivity index (χ0n) is 22.2. The summed E-state index contributed by atoms with van der Waals surface area (Å²) in [5, 5.41) is 0. The second-order valence-corrected chi connectivity index (χ2v) is 11.5. The van der Waals surface area contributed by atoms with E-state index >= 15 is 0 Å². The summed E-state index contributed by atoms with van der Waals surface area (Å²) >= 11 is 0. The first-order valence-corrected chi connectivity index (χ1v) is 14.4. The van der Waals surface area contributed by atoms with Crippen LogP contribution in [0.4, 0.5) is 0 Å². The molecule has 3 aliphatic carbocycles. The van der Waals surface area contributed by atoms with Gasteiger partial charge in [-0.3, -0.25) is 0 Å². The number of benzene rings is 6. The van der Waals surface area contributed by atoms with Gasteiger partial charge in [0.15, 0.2) is 0 Å². The Morgan fingerprint density at radius 2 is 0.475 bits per heavy atom. The lowest BCUT2D eigenvalue weighted by molar-refractivity contribution is 0.703. The van der Waals surface area contributed by atoms with Crippen LogP contribution in [0.5, 0.6) is 0 Å². The van der Waals surface area contributed by atoms with E-state index in [9.17, 15) is 0 Å². The Bertz CT molecular complexity index is 1610. The minimum Gasteiger partial charge on any atom is -0.0622 e. The third-order valence-electron chi connectivity index (χ3n) is 9.65. The Kier molecular flexibility index (Phi) is 4.66. The van der Waals surface area contributed by atoms with E-state index in [2.05, 4.69) is 146 Å². The maximum atomic E-state index is 2.41. The molecule has 0 spiro atoms.